The van der Waals surface area contributed by atoms with Gasteiger partial charge in [-0.3, -0.25) is 19.9 Å². The molecule has 0 fully saturated rings. The Kier molecular flexibility index (Phi) is 2.47. The minimum Gasteiger partial charge on any atom is -0.319 e. The summed E-state index contributed by atoms with van der Waals surface area (Å²) in [6.45, 7) is 0. The third-order valence-electron chi connectivity index (χ3n) is 2.02. The molecule has 2 aromatic rings. The molecule has 1 heterocycles. The van der Waals surface area contributed by atoms with E-state index in [4.69, 9.17) is 0 Å². The van der Waals surface area contributed by atoms with Gasteiger partial charge in [-0.25, -0.2) is 0 Å². The normalized spacial score (nSPS) is 10.0. The number of nitro groups is 1. The highest BCUT2D eigenvalue weighted by atomic mass is 16.6. The molecule has 0 bridgehead atoms. The number of rotatable bonds is 2. The zero-order valence-electron chi connectivity index (χ0n) is 8.08. The molecular formula is C10H7N3O3. The molecule has 6 heteroatoms. The summed E-state index contributed by atoms with van der Waals surface area (Å²) >= 11 is 0. The molecule has 0 spiro atoms. The highest BCUT2D eigenvalue weighted by Gasteiger charge is 2.07. The molecule has 1 aromatic heterocycles. The van der Waals surface area contributed by atoms with Gasteiger partial charge in [-0.2, -0.15) is 0 Å². The lowest BCUT2D eigenvalue weighted by Gasteiger charge is -1.99. The number of benzene rings is 1. The second-order valence-corrected chi connectivity index (χ2v) is 3.12. The highest BCUT2D eigenvalue weighted by Crippen LogP contribution is 2.20. The Labute approximate surface area is 89.7 Å². The summed E-state index contributed by atoms with van der Waals surface area (Å²) in [6.07, 6.45) is 2.58. The number of hydrogen-bond donors (Lipinski definition) is 1. The van der Waals surface area contributed by atoms with E-state index in [1.807, 2.05) is 0 Å². The Balaban J connectivity index is 2.52. The molecular weight excluding hydrogens is 210 g/mol. The van der Waals surface area contributed by atoms with Crippen LogP contribution in [0.5, 0.6) is 0 Å². The van der Waals surface area contributed by atoms with Crippen molar-refractivity contribution in [3.8, 4) is 11.3 Å². The van der Waals surface area contributed by atoms with Crippen molar-refractivity contribution in [3.05, 3.63) is 57.1 Å². The fourth-order valence-electron chi connectivity index (χ4n) is 1.31. The largest absolute Gasteiger partial charge is 0.319 e. The number of aromatic amines is 1. The zero-order chi connectivity index (χ0) is 11.5. The Hall–Kier alpha value is -2.50. The van der Waals surface area contributed by atoms with Gasteiger partial charge in [0.05, 0.1) is 23.0 Å². The first-order chi connectivity index (χ1) is 7.66. The van der Waals surface area contributed by atoms with Crippen LogP contribution in [0.25, 0.3) is 11.3 Å². The van der Waals surface area contributed by atoms with Gasteiger partial charge in [0.25, 0.3) is 11.2 Å². The SMILES string of the molecule is O=c1cncc(-c2cccc([N+](=O)[O-])c2)[nH]1. The first kappa shape index (κ1) is 10.0. The van der Waals surface area contributed by atoms with E-state index in [9.17, 15) is 14.9 Å². The van der Waals surface area contributed by atoms with Crippen molar-refractivity contribution in [1.29, 1.82) is 0 Å². The summed E-state index contributed by atoms with van der Waals surface area (Å²) < 4.78 is 0. The summed E-state index contributed by atoms with van der Waals surface area (Å²) in [4.78, 5) is 27.4. The predicted molar refractivity (Wildman–Crippen MR) is 56.9 cm³/mol. The summed E-state index contributed by atoms with van der Waals surface area (Å²) in [7, 11) is 0. The number of hydrogen-bond acceptors (Lipinski definition) is 4. The predicted octanol–water partition coefficient (Wildman–Crippen LogP) is 1.35. The summed E-state index contributed by atoms with van der Waals surface area (Å²) in [5.74, 6) is 0. The van der Waals surface area contributed by atoms with Crippen molar-refractivity contribution in [2.45, 2.75) is 0 Å². The topological polar surface area (TPSA) is 88.9 Å². The quantitative estimate of drug-likeness (QED) is 0.607. The van der Waals surface area contributed by atoms with Crippen LogP contribution in [0.4, 0.5) is 5.69 Å². The second-order valence-electron chi connectivity index (χ2n) is 3.12. The number of nitrogens with zero attached hydrogens (tertiary/aromatic N) is 2. The fraction of sp³-hybridized carbons (Fsp3) is 0. The summed E-state index contributed by atoms with van der Waals surface area (Å²) in [5.41, 5.74) is 0.641. The number of H-pyrrole nitrogens is 1. The zero-order valence-corrected chi connectivity index (χ0v) is 8.08. The maximum absolute atomic E-state index is 11.0. The van der Waals surface area contributed by atoms with Gasteiger partial charge in [-0.1, -0.05) is 12.1 Å². The van der Waals surface area contributed by atoms with Crippen molar-refractivity contribution < 1.29 is 4.92 Å². The maximum Gasteiger partial charge on any atom is 0.270 e. The first-order valence-electron chi connectivity index (χ1n) is 4.46. The average molecular weight is 217 g/mol. The Bertz CT molecular complexity index is 592. The lowest BCUT2D eigenvalue weighted by atomic mass is 10.1. The van der Waals surface area contributed by atoms with Crippen LogP contribution in [0.2, 0.25) is 0 Å². The molecule has 0 aliphatic heterocycles. The van der Waals surface area contributed by atoms with E-state index < -0.39 is 4.92 Å². The number of non-ortho nitro benzene ring substituents is 1. The van der Waals surface area contributed by atoms with Crippen LogP contribution in [-0.2, 0) is 0 Å². The Morgan fingerprint density at radius 1 is 1.31 bits per heavy atom. The maximum atomic E-state index is 11.0. The van der Waals surface area contributed by atoms with E-state index in [1.54, 1.807) is 12.1 Å². The van der Waals surface area contributed by atoms with Crippen molar-refractivity contribution in [3.63, 3.8) is 0 Å². The van der Waals surface area contributed by atoms with E-state index >= 15 is 0 Å². The standard InChI is InChI=1S/C10H7N3O3/c14-10-6-11-5-9(12-10)7-2-1-3-8(4-7)13(15)16/h1-6H,(H,12,14). The van der Waals surface area contributed by atoms with E-state index in [0.29, 0.717) is 11.3 Å². The van der Waals surface area contributed by atoms with Gasteiger partial charge in [0.15, 0.2) is 0 Å². The molecule has 6 nitrogen and oxygen atoms in total. The van der Waals surface area contributed by atoms with Gasteiger partial charge in [0.1, 0.15) is 0 Å². The lowest BCUT2D eigenvalue weighted by molar-refractivity contribution is -0.384. The van der Waals surface area contributed by atoms with Crippen molar-refractivity contribution in [2.24, 2.45) is 0 Å². The second kappa shape index (κ2) is 3.93. The van der Waals surface area contributed by atoms with Gasteiger partial charge in [0, 0.05) is 17.7 Å². The average Bonchev–Trinajstić information content (AvgIpc) is 2.29. The monoisotopic (exact) mass is 217 g/mol. The van der Waals surface area contributed by atoms with E-state index in [-0.39, 0.29) is 11.2 Å². The number of nitrogens with one attached hydrogen (secondary N) is 1. The molecule has 1 aromatic carbocycles. The van der Waals surface area contributed by atoms with Crippen LogP contribution in [0.1, 0.15) is 0 Å². The van der Waals surface area contributed by atoms with Crippen LogP contribution < -0.4 is 5.56 Å². The molecule has 0 atom stereocenters. The minimum atomic E-state index is -0.488. The van der Waals surface area contributed by atoms with Gasteiger partial charge >= 0.3 is 0 Å². The van der Waals surface area contributed by atoms with Crippen molar-refractivity contribution in [2.75, 3.05) is 0 Å². The molecule has 16 heavy (non-hydrogen) atoms. The van der Waals surface area contributed by atoms with Gasteiger partial charge in [0.2, 0.25) is 0 Å². The minimum absolute atomic E-state index is 0.0257. The summed E-state index contributed by atoms with van der Waals surface area (Å²) in [5, 5.41) is 10.6. The molecule has 80 valence electrons. The highest BCUT2D eigenvalue weighted by molar-refractivity contribution is 5.61. The molecule has 1 N–H and O–H groups in total. The molecule has 0 radical (unpaired) electrons. The Morgan fingerprint density at radius 3 is 2.81 bits per heavy atom. The molecule has 0 saturated carbocycles. The third kappa shape index (κ3) is 1.95. The molecule has 0 saturated heterocycles. The van der Waals surface area contributed by atoms with Crippen molar-refractivity contribution >= 4 is 5.69 Å². The number of nitro benzene ring substituents is 1. The molecule has 0 amide bonds. The fourth-order valence-corrected chi connectivity index (χ4v) is 1.31. The third-order valence-corrected chi connectivity index (χ3v) is 2.02. The van der Waals surface area contributed by atoms with Crippen LogP contribution in [0.3, 0.4) is 0 Å². The molecule has 0 aliphatic carbocycles. The molecule has 2 rings (SSSR count). The Morgan fingerprint density at radius 2 is 2.12 bits per heavy atom. The smallest absolute Gasteiger partial charge is 0.270 e. The summed E-state index contributed by atoms with van der Waals surface area (Å²) in [6, 6.07) is 5.99. The number of aromatic nitrogens is 2. The van der Waals surface area contributed by atoms with Crippen LogP contribution in [0, 0.1) is 10.1 Å². The molecule has 0 aliphatic rings. The van der Waals surface area contributed by atoms with Gasteiger partial charge in [-0.05, 0) is 0 Å². The lowest BCUT2D eigenvalue weighted by Crippen LogP contribution is -2.05. The molecule has 0 unspecified atom stereocenters. The van der Waals surface area contributed by atoms with Crippen LogP contribution >= 0.6 is 0 Å². The van der Waals surface area contributed by atoms with E-state index in [1.165, 1.54) is 18.3 Å². The van der Waals surface area contributed by atoms with Crippen LogP contribution in [-0.4, -0.2) is 14.9 Å². The van der Waals surface area contributed by atoms with Crippen molar-refractivity contribution in [1.82, 2.24) is 9.97 Å². The first-order valence-corrected chi connectivity index (χ1v) is 4.46. The van der Waals surface area contributed by atoms with Gasteiger partial charge < -0.3 is 4.98 Å². The van der Waals surface area contributed by atoms with E-state index in [0.717, 1.165) is 6.20 Å². The van der Waals surface area contributed by atoms with E-state index in [2.05, 4.69) is 9.97 Å². The van der Waals surface area contributed by atoms with Gasteiger partial charge in [-0.15, -0.1) is 0 Å². The van der Waals surface area contributed by atoms with Crippen LogP contribution in [0.15, 0.2) is 41.5 Å².